The van der Waals surface area contributed by atoms with Crippen molar-refractivity contribution in [1.29, 1.82) is 0 Å². The zero-order chi connectivity index (χ0) is 11.4. The molecule has 1 aromatic rings. The topological polar surface area (TPSA) is 49.3 Å². The molecule has 0 atom stereocenters. The molecule has 4 nitrogen and oxygen atoms in total. The molecule has 0 aromatic carbocycles. The molecule has 6 heteroatoms. The Morgan fingerprint density at radius 3 is 2.82 bits per heavy atom. The predicted molar refractivity (Wildman–Crippen MR) is 83.6 cm³/mol. The van der Waals surface area contributed by atoms with Crippen molar-refractivity contribution in [1.82, 2.24) is 15.6 Å². The van der Waals surface area contributed by atoms with Gasteiger partial charge in [0, 0.05) is 30.9 Å². The molecule has 1 aromatic heterocycles. The summed E-state index contributed by atoms with van der Waals surface area (Å²) < 4.78 is 0. The number of nitrogens with zero attached hydrogens (tertiary/aromatic N) is 2. The summed E-state index contributed by atoms with van der Waals surface area (Å²) in [6.07, 6.45) is 2.16. The van der Waals surface area contributed by atoms with Gasteiger partial charge < -0.3 is 10.6 Å². The van der Waals surface area contributed by atoms with Crippen molar-refractivity contribution in [2.45, 2.75) is 26.7 Å². The highest BCUT2D eigenvalue weighted by molar-refractivity contribution is 14.0. The van der Waals surface area contributed by atoms with E-state index in [9.17, 15) is 0 Å². The fourth-order valence-corrected chi connectivity index (χ4v) is 2.69. The van der Waals surface area contributed by atoms with E-state index in [0.717, 1.165) is 43.4 Å². The third-order valence-corrected chi connectivity index (χ3v) is 3.67. The Balaban J connectivity index is 0.00000144. The predicted octanol–water partition coefficient (Wildman–Crippen LogP) is 1.86. The van der Waals surface area contributed by atoms with Crippen molar-refractivity contribution in [3.8, 4) is 0 Å². The molecule has 0 saturated heterocycles. The molecule has 96 valence electrons. The van der Waals surface area contributed by atoms with Crippen molar-refractivity contribution in [2.24, 2.45) is 4.99 Å². The second-order valence-corrected chi connectivity index (χ2v) is 5.22. The lowest BCUT2D eigenvalue weighted by atomic mass is 10.3. The quantitative estimate of drug-likeness (QED) is 0.803. The first kappa shape index (κ1) is 14.7. The van der Waals surface area contributed by atoms with Gasteiger partial charge in [0.2, 0.25) is 0 Å². The largest absolute Gasteiger partial charge is 0.356 e. The maximum Gasteiger partial charge on any atom is 0.191 e. The number of thiazole rings is 1. The van der Waals surface area contributed by atoms with E-state index in [1.807, 2.05) is 0 Å². The van der Waals surface area contributed by atoms with Crippen LogP contribution in [0, 0.1) is 13.8 Å². The Hall–Kier alpha value is -0.370. The molecule has 0 unspecified atom stereocenters. The summed E-state index contributed by atoms with van der Waals surface area (Å²) in [4.78, 5) is 10.2. The van der Waals surface area contributed by atoms with Crippen LogP contribution in [0.2, 0.25) is 0 Å². The van der Waals surface area contributed by atoms with E-state index in [1.165, 1.54) is 10.6 Å². The maximum absolute atomic E-state index is 4.42. The van der Waals surface area contributed by atoms with E-state index < -0.39 is 0 Å². The maximum atomic E-state index is 4.42. The lowest BCUT2D eigenvalue weighted by Gasteiger charge is -2.15. The zero-order valence-electron chi connectivity index (χ0n) is 10.2. The van der Waals surface area contributed by atoms with Crippen LogP contribution >= 0.6 is 35.3 Å². The van der Waals surface area contributed by atoms with Crippen LogP contribution < -0.4 is 10.6 Å². The first-order valence-electron chi connectivity index (χ1n) is 5.71. The molecule has 2 N–H and O–H groups in total. The van der Waals surface area contributed by atoms with Crippen molar-refractivity contribution in [2.75, 3.05) is 19.6 Å². The first-order valence-corrected chi connectivity index (χ1v) is 6.52. The van der Waals surface area contributed by atoms with E-state index in [1.54, 1.807) is 11.3 Å². The minimum atomic E-state index is 0. The second kappa shape index (κ2) is 7.15. The number of hydrogen-bond acceptors (Lipinski definition) is 5. The zero-order valence-corrected chi connectivity index (χ0v) is 13.4. The van der Waals surface area contributed by atoms with Crippen LogP contribution in [0.25, 0.3) is 0 Å². The molecule has 0 fully saturated rings. The number of halogens is 1. The fraction of sp³-hybridized carbons (Fsp3) is 0.636. The molecule has 0 amide bonds. The minimum Gasteiger partial charge on any atom is -0.356 e. The number of aromatic nitrogens is 1. The third kappa shape index (κ3) is 4.42. The Morgan fingerprint density at radius 1 is 1.41 bits per heavy atom. The lowest BCUT2D eigenvalue weighted by Crippen LogP contribution is -2.41. The SMILES string of the molecule is Cc1nc(C)c(CCNC2=NCCCN2)s1.I. The van der Waals surface area contributed by atoms with E-state index >= 15 is 0 Å². The van der Waals surface area contributed by atoms with Gasteiger partial charge in [0.1, 0.15) is 0 Å². The van der Waals surface area contributed by atoms with Crippen LogP contribution in [0.5, 0.6) is 0 Å². The van der Waals surface area contributed by atoms with Gasteiger partial charge >= 0.3 is 0 Å². The van der Waals surface area contributed by atoms with Crippen LogP contribution in [0.3, 0.4) is 0 Å². The molecule has 1 aliphatic rings. The minimum absolute atomic E-state index is 0. The van der Waals surface area contributed by atoms with Crippen LogP contribution in [0.4, 0.5) is 0 Å². The Bertz CT molecular complexity index is 389. The molecule has 17 heavy (non-hydrogen) atoms. The van der Waals surface area contributed by atoms with Gasteiger partial charge in [-0.05, 0) is 20.3 Å². The van der Waals surface area contributed by atoms with E-state index in [2.05, 4.69) is 34.5 Å². The smallest absolute Gasteiger partial charge is 0.191 e. The highest BCUT2D eigenvalue weighted by Crippen LogP contribution is 2.16. The Kier molecular flexibility index (Phi) is 6.18. The standard InChI is InChI=1S/C11H18N4S.HI/c1-8-10(16-9(2)15-8)4-7-14-11-12-5-3-6-13-11;/h3-7H2,1-2H3,(H2,12,13,14);1H. The lowest BCUT2D eigenvalue weighted by molar-refractivity contribution is 0.700. The van der Waals surface area contributed by atoms with Gasteiger partial charge in [0.25, 0.3) is 0 Å². The second-order valence-electron chi connectivity index (χ2n) is 3.93. The van der Waals surface area contributed by atoms with Gasteiger partial charge in [-0.25, -0.2) is 4.98 Å². The molecular formula is C11H19IN4S. The van der Waals surface area contributed by atoms with Crippen LogP contribution in [0.15, 0.2) is 4.99 Å². The number of rotatable bonds is 3. The van der Waals surface area contributed by atoms with Crippen molar-refractivity contribution >= 4 is 41.3 Å². The summed E-state index contributed by atoms with van der Waals surface area (Å²) in [5, 5.41) is 7.73. The van der Waals surface area contributed by atoms with Crippen LogP contribution in [-0.4, -0.2) is 30.6 Å². The Morgan fingerprint density at radius 2 is 2.24 bits per heavy atom. The number of aryl methyl sites for hydroxylation is 2. The summed E-state index contributed by atoms with van der Waals surface area (Å²) in [6, 6.07) is 0. The monoisotopic (exact) mass is 366 g/mol. The van der Waals surface area contributed by atoms with Gasteiger partial charge in [-0.3, -0.25) is 4.99 Å². The number of aliphatic imine (C=N–C) groups is 1. The van der Waals surface area contributed by atoms with E-state index in [4.69, 9.17) is 0 Å². The summed E-state index contributed by atoms with van der Waals surface area (Å²) in [5.74, 6) is 0.949. The van der Waals surface area contributed by atoms with Gasteiger partial charge in [0.05, 0.1) is 10.7 Å². The average molecular weight is 366 g/mol. The van der Waals surface area contributed by atoms with Gasteiger partial charge in [-0.1, -0.05) is 0 Å². The number of guanidine groups is 1. The number of nitrogens with one attached hydrogen (secondary N) is 2. The normalized spacial score (nSPS) is 14.6. The first-order chi connectivity index (χ1) is 7.75. The molecule has 1 aliphatic heterocycles. The molecule has 0 saturated carbocycles. The molecule has 2 heterocycles. The van der Waals surface area contributed by atoms with Gasteiger partial charge in [-0.15, -0.1) is 35.3 Å². The molecule has 0 bridgehead atoms. The third-order valence-electron chi connectivity index (χ3n) is 2.54. The molecule has 0 aliphatic carbocycles. The van der Waals surface area contributed by atoms with Crippen LogP contribution in [-0.2, 0) is 6.42 Å². The van der Waals surface area contributed by atoms with E-state index in [-0.39, 0.29) is 24.0 Å². The highest BCUT2D eigenvalue weighted by Gasteiger charge is 2.06. The van der Waals surface area contributed by atoms with Crippen molar-refractivity contribution in [3.05, 3.63) is 15.6 Å². The van der Waals surface area contributed by atoms with Crippen molar-refractivity contribution < 1.29 is 0 Å². The van der Waals surface area contributed by atoms with Gasteiger partial charge in [-0.2, -0.15) is 0 Å². The summed E-state index contributed by atoms with van der Waals surface area (Å²) in [6.45, 7) is 7.03. The van der Waals surface area contributed by atoms with E-state index in [0.29, 0.717) is 0 Å². The Labute approximate surface area is 123 Å². The fourth-order valence-electron chi connectivity index (χ4n) is 1.75. The number of hydrogen-bond donors (Lipinski definition) is 2. The summed E-state index contributed by atoms with van der Waals surface area (Å²) in [7, 11) is 0. The molecular weight excluding hydrogens is 347 g/mol. The average Bonchev–Trinajstić information content (AvgIpc) is 2.59. The molecule has 2 rings (SSSR count). The van der Waals surface area contributed by atoms with Gasteiger partial charge in [0.15, 0.2) is 5.96 Å². The summed E-state index contributed by atoms with van der Waals surface area (Å²) >= 11 is 1.79. The van der Waals surface area contributed by atoms with Crippen molar-refractivity contribution in [3.63, 3.8) is 0 Å². The molecule has 0 radical (unpaired) electrons. The highest BCUT2D eigenvalue weighted by atomic mass is 127. The summed E-state index contributed by atoms with van der Waals surface area (Å²) in [5.41, 5.74) is 1.17. The van der Waals surface area contributed by atoms with Crippen LogP contribution in [0.1, 0.15) is 22.0 Å². The molecule has 0 spiro atoms.